The second kappa shape index (κ2) is 6.81. The Morgan fingerprint density at radius 2 is 2.05 bits per heavy atom. The van der Waals surface area contributed by atoms with Crippen molar-refractivity contribution in [2.24, 2.45) is 11.3 Å². The Labute approximate surface area is 133 Å². The van der Waals surface area contributed by atoms with Crippen LogP contribution in [0.5, 0.6) is 0 Å². The lowest BCUT2D eigenvalue weighted by atomic mass is 9.77. The molecule has 0 radical (unpaired) electrons. The first kappa shape index (κ1) is 16.3. The maximum atomic E-state index is 8.90. The Bertz CT molecular complexity index is 525. The number of benzene rings is 1. The second-order valence-electron chi connectivity index (χ2n) is 7.19. The molecule has 1 saturated heterocycles. The summed E-state index contributed by atoms with van der Waals surface area (Å²) in [5, 5.41) is 9.61. The van der Waals surface area contributed by atoms with Crippen LogP contribution < -0.4 is 0 Å². The van der Waals surface area contributed by atoms with E-state index in [1.54, 1.807) is 6.07 Å². The van der Waals surface area contributed by atoms with Gasteiger partial charge < -0.3 is 0 Å². The van der Waals surface area contributed by atoms with Gasteiger partial charge in [0.25, 0.3) is 0 Å². The van der Waals surface area contributed by atoms with E-state index >= 15 is 0 Å². The summed E-state index contributed by atoms with van der Waals surface area (Å²) in [5.74, 6) is 0.805. The van der Waals surface area contributed by atoms with E-state index in [1.165, 1.54) is 19.3 Å². The maximum absolute atomic E-state index is 8.90. The predicted octanol–water partition coefficient (Wildman–Crippen LogP) is 4.86. The lowest BCUT2D eigenvalue weighted by Crippen LogP contribution is -2.26. The largest absolute Gasteiger partial charge is 0.299 e. The highest BCUT2D eigenvalue weighted by molar-refractivity contribution is 6.31. The molecule has 0 bridgehead atoms. The number of likely N-dealkylation sites (tertiary alicyclic amines) is 1. The topological polar surface area (TPSA) is 27.0 Å². The van der Waals surface area contributed by atoms with E-state index in [4.69, 9.17) is 16.9 Å². The molecule has 1 aromatic rings. The van der Waals surface area contributed by atoms with Gasteiger partial charge in [-0.3, -0.25) is 4.90 Å². The quantitative estimate of drug-likeness (QED) is 0.780. The number of nitriles is 1. The molecule has 0 spiro atoms. The zero-order chi connectivity index (χ0) is 15.5. The number of hydrogen-bond acceptors (Lipinski definition) is 2. The molecule has 1 fully saturated rings. The molecule has 3 heteroatoms. The summed E-state index contributed by atoms with van der Waals surface area (Å²) in [5.41, 5.74) is 2.17. The summed E-state index contributed by atoms with van der Waals surface area (Å²) < 4.78 is 0. The van der Waals surface area contributed by atoms with Crippen LogP contribution in [-0.4, -0.2) is 18.0 Å². The van der Waals surface area contributed by atoms with E-state index in [2.05, 4.69) is 31.7 Å². The van der Waals surface area contributed by atoms with Gasteiger partial charge in [0.05, 0.1) is 11.6 Å². The average molecular weight is 305 g/mol. The van der Waals surface area contributed by atoms with Crippen LogP contribution in [0.1, 0.15) is 51.2 Å². The molecule has 0 amide bonds. The zero-order valence-electron chi connectivity index (χ0n) is 13.3. The Morgan fingerprint density at radius 3 is 2.67 bits per heavy atom. The van der Waals surface area contributed by atoms with Crippen molar-refractivity contribution >= 4 is 11.6 Å². The molecule has 1 unspecified atom stereocenters. The van der Waals surface area contributed by atoms with Crippen molar-refractivity contribution in [3.63, 3.8) is 0 Å². The molecule has 2 rings (SSSR count). The summed E-state index contributed by atoms with van der Waals surface area (Å²) in [7, 11) is 0. The molecule has 1 heterocycles. The lowest BCUT2D eigenvalue weighted by molar-refractivity contribution is 0.206. The normalized spacial score (nSPS) is 20.8. The van der Waals surface area contributed by atoms with E-state index < -0.39 is 0 Å². The number of hydrogen-bond donors (Lipinski definition) is 0. The van der Waals surface area contributed by atoms with Gasteiger partial charge >= 0.3 is 0 Å². The van der Waals surface area contributed by atoms with Gasteiger partial charge in [0.1, 0.15) is 0 Å². The van der Waals surface area contributed by atoms with Crippen molar-refractivity contribution in [3.05, 3.63) is 34.3 Å². The van der Waals surface area contributed by atoms with Gasteiger partial charge in [0.15, 0.2) is 0 Å². The molecule has 0 aromatic heterocycles. The standard InChI is InChI=1S/C18H25ClN2/c1-18(2,3)16-5-4-9-21(10-8-16)13-15-7-6-14(12-20)11-17(15)19/h6-7,11,16H,4-5,8-10,13H2,1-3H3. The van der Waals surface area contributed by atoms with Crippen LogP contribution in [0, 0.1) is 22.7 Å². The second-order valence-corrected chi connectivity index (χ2v) is 7.60. The summed E-state index contributed by atoms with van der Waals surface area (Å²) >= 11 is 6.29. The van der Waals surface area contributed by atoms with Crippen LogP contribution in [0.2, 0.25) is 5.02 Å². The van der Waals surface area contributed by atoms with Crippen molar-refractivity contribution < 1.29 is 0 Å². The van der Waals surface area contributed by atoms with E-state index in [-0.39, 0.29) is 0 Å². The van der Waals surface area contributed by atoms with Crippen molar-refractivity contribution in [1.82, 2.24) is 4.90 Å². The van der Waals surface area contributed by atoms with Crippen molar-refractivity contribution in [3.8, 4) is 6.07 Å². The average Bonchev–Trinajstić information content (AvgIpc) is 2.66. The third-order valence-electron chi connectivity index (χ3n) is 4.62. The lowest BCUT2D eigenvalue weighted by Gasteiger charge is -2.29. The van der Waals surface area contributed by atoms with Gasteiger partial charge in [-0.25, -0.2) is 0 Å². The molecule has 0 saturated carbocycles. The molecule has 21 heavy (non-hydrogen) atoms. The summed E-state index contributed by atoms with van der Waals surface area (Å²) in [6, 6.07) is 7.75. The van der Waals surface area contributed by atoms with E-state index in [1.807, 2.05) is 12.1 Å². The summed E-state index contributed by atoms with van der Waals surface area (Å²) in [4.78, 5) is 2.50. The first-order valence-electron chi connectivity index (χ1n) is 7.81. The molecule has 1 atom stereocenters. The minimum atomic E-state index is 0.405. The van der Waals surface area contributed by atoms with Crippen LogP contribution in [-0.2, 0) is 6.54 Å². The monoisotopic (exact) mass is 304 g/mol. The van der Waals surface area contributed by atoms with E-state index in [0.29, 0.717) is 16.0 Å². The minimum absolute atomic E-state index is 0.405. The number of rotatable bonds is 2. The molecule has 0 aliphatic carbocycles. The number of halogens is 1. The van der Waals surface area contributed by atoms with E-state index in [9.17, 15) is 0 Å². The first-order chi connectivity index (χ1) is 9.90. The molecule has 0 N–H and O–H groups in total. The first-order valence-corrected chi connectivity index (χ1v) is 8.19. The van der Waals surface area contributed by atoms with Gasteiger partial charge in [0.2, 0.25) is 0 Å². The molecular weight excluding hydrogens is 280 g/mol. The van der Waals surface area contributed by atoms with Gasteiger partial charge in [-0.05, 0) is 61.4 Å². The Hall–Kier alpha value is -1.04. The van der Waals surface area contributed by atoms with Gasteiger partial charge in [0, 0.05) is 11.6 Å². The zero-order valence-corrected chi connectivity index (χ0v) is 14.1. The molecule has 1 aliphatic heterocycles. The molecular formula is C18H25ClN2. The van der Waals surface area contributed by atoms with E-state index in [0.717, 1.165) is 31.1 Å². The fraction of sp³-hybridized carbons (Fsp3) is 0.611. The highest BCUT2D eigenvalue weighted by atomic mass is 35.5. The Balaban J connectivity index is 2.00. The molecule has 1 aliphatic rings. The number of nitrogens with zero attached hydrogens (tertiary/aromatic N) is 2. The van der Waals surface area contributed by atoms with Crippen molar-refractivity contribution in [1.29, 1.82) is 5.26 Å². The highest BCUT2D eigenvalue weighted by Crippen LogP contribution is 2.34. The molecule has 114 valence electrons. The van der Waals surface area contributed by atoms with Gasteiger partial charge in [-0.15, -0.1) is 0 Å². The minimum Gasteiger partial charge on any atom is -0.299 e. The highest BCUT2D eigenvalue weighted by Gasteiger charge is 2.27. The van der Waals surface area contributed by atoms with Crippen LogP contribution in [0.15, 0.2) is 18.2 Å². The third-order valence-corrected chi connectivity index (χ3v) is 4.97. The van der Waals surface area contributed by atoms with Gasteiger partial charge in [-0.2, -0.15) is 5.26 Å². The van der Waals surface area contributed by atoms with Crippen LogP contribution >= 0.6 is 11.6 Å². The van der Waals surface area contributed by atoms with Crippen molar-refractivity contribution in [2.75, 3.05) is 13.1 Å². The smallest absolute Gasteiger partial charge is 0.0992 e. The van der Waals surface area contributed by atoms with Gasteiger partial charge in [-0.1, -0.05) is 38.4 Å². The Kier molecular flexibility index (Phi) is 5.30. The van der Waals surface area contributed by atoms with Crippen LogP contribution in [0.25, 0.3) is 0 Å². The van der Waals surface area contributed by atoms with Crippen LogP contribution in [0.4, 0.5) is 0 Å². The Morgan fingerprint density at radius 1 is 1.29 bits per heavy atom. The van der Waals surface area contributed by atoms with Crippen LogP contribution in [0.3, 0.4) is 0 Å². The predicted molar refractivity (Wildman–Crippen MR) is 88.2 cm³/mol. The summed E-state index contributed by atoms with van der Waals surface area (Å²) in [6.45, 7) is 10.2. The fourth-order valence-electron chi connectivity index (χ4n) is 3.17. The SMILES string of the molecule is CC(C)(C)C1CCCN(Cc2ccc(C#N)cc2Cl)CC1. The summed E-state index contributed by atoms with van der Waals surface area (Å²) in [6.07, 6.45) is 3.84. The molecule has 1 aromatic carbocycles. The van der Waals surface area contributed by atoms with Crippen molar-refractivity contribution in [2.45, 2.75) is 46.6 Å². The third kappa shape index (κ3) is 4.46. The molecule has 2 nitrogen and oxygen atoms in total. The fourth-order valence-corrected chi connectivity index (χ4v) is 3.41. The maximum Gasteiger partial charge on any atom is 0.0992 e.